The quantitative estimate of drug-likeness (QED) is 0.852. The fourth-order valence-corrected chi connectivity index (χ4v) is 2.52. The Labute approximate surface area is 139 Å². The van der Waals surface area contributed by atoms with Crippen LogP contribution in [0, 0.1) is 5.92 Å². The zero-order valence-electron chi connectivity index (χ0n) is 13.4. The van der Waals surface area contributed by atoms with Crippen molar-refractivity contribution in [3.05, 3.63) is 29.8 Å². The van der Waals surface area contributed by atoms with Crippen molar-refractivity contribution in [2.45, 2.75) is 31.2 Å². The number of rotatable bonds is 6. The van der Waals surface area contributed by atoms with Gasteiger partial charge in [0.1, 0.15) is 0 Å². The van der Waals surface area contributed by atoms with Gasteiger partial charge in [0.2, 0.25) is 0 Å². The minimum Gasteiger partial charge on any atom is -0.342 e. The van der Waals surface area contributed by atoms with Crippen LogP contribution in [0.15, 0.2) is 29.2 Å². The van der Waals surface area contributed by atoms with E-state index in [-0.39, 0.29) is 29.3 Å². The summed E-state index contributed by atoms with van der Waals surface area (Å²) in [5.74, 6) is 0.165. The summed E-state index contributed by atoms with van der Waals surface area (Å²) in [5.41, 5.74) is 6.34. The van der Waals surface area contributed by atoms with E-state index in [1.165, 1.54) is 12.1 Å². The van der Waals surface area contributed by atoms with Crippen molar-refractivity contribution in [3.63, 3.8) is 0 Å². The third-order valence-corrected chi connectivity index (χ3v) is 4.62. The average molecular weight is 349 g/mol. The molecule has 0 aliphatic carbocycles. The molecule has 1 aromatic rings. The van der Waals surface area contributed by atoms with Gasteiger partial charge in [-0.1, -0.05) is 19.9 Å². The molecule has 5 nitrogen and oxygen atoms in total. The monoisotopic (exact) mass is 348 g/mol. The van der Waals surface area contributed by atoms with Gasteiger partial charge in [0.15, 0.2) is 9.84 Å². The third kappa shape index (κ3) is 5.94. The summed E-state index contributed by atoms with van der Waals surface area (Å²) in [6.45, 7) is 4.63. The van der Waals surface area contributed by atoms with Crippen LogP contribution < -0.4 is 5.73 Å². The molecule has 1 atom stereocenters. The number of amides is 1. The molecule has 1 unspecified atom stereocenters. The first-order chi connectivity index (χ1) is 9.62. The lowest BCUT2D eigenvalue weighted by molar-refractivity contribution is 0.0789. The van der Waals surface area contributed by atoms with Crippen molar-refractivity contribution in [1.29, 1.82) is 0 Å². The number of benzene rings is 1. The van der Waals surface area contributed by atoms with E-state index >= 15 is 0 Å². The number of nitrogens with two attached hydrogens (primary N) is 1. The van der Waals surface area contributed by atoms with Crippen molar-refractivity contribution in [1.82, 2.24) is 4.90 Å². The van der Waals surface area contributed by atoms with E-state index in [1.807, 2.05) is 13.8 Å². The molecule has 0 aliphatic heterocycles. The lowest BCUT2D eigenvalue weighted by atomic mass is 10.0. The van der Waals surface area contributed by atoms with Crippen molar-refractivity contribution >= 4 is 28.2 Å². The predicted octanol–water partition coefficient (Wildman–Crippen LogP) is 1.96. The van der Waals surface area contributed by atoms with E-state index in [9.17, 15) is 13.2 Å². The largest absolute Gasteiger partial charge is 0.342 e. The van der Waals surface area contributed by atoms with E-state index < -0.39 is 9.84 Å². The number of halogens is 1. The van der Waals surface area contributed by atoms with Crippen molar-refractivity contribution in [3.8, 4) is 0 Å². The zero-order chi connectivity index (χ0) is 16.2. The lowest BCUT2D eigenvalue weighted by Crippen LogP contribution is -2.34. The van der Waals surface area contributed by atoms with Crippen LogP contribution in [-0.2, 0) is 9.84 Å². The summed E-state index contributed by atoms with van der Waals surface area (Å²) >= 11 is 0. The highest BCUT2D eigenvalue weighted by molar-refractivity contribution is 7.90. The van der Waals surface area contributed by atoms with Crippen molar-refractivity contribution in [2.24, 2.45) is 11.7 Å². The molecule has 0 spiro atoms. The summed E-state index contributed by atoms with van der Waals surface area (Å²) in [7, 11) is -1.62. The first-order valence-corrected chi connectivity index (χ1v) is 8.83. The van der Waals surface area contributed by atoms with Crippen LogP contribution >= 0.6 is 12.4 Å². The number of carbonyl (C=O) groups excluding carboxylic acids is 1. The van der Waals surface area contributed by atoms with Gasteiger partial charge in [0, 0.05) is 31.5 Å². The van der Waals surface area contributed by atoms with Gasteiger partial charge in [-0.25, -0.2) is 8.42 Å². The number of carbonyl (C=O) groups is 1. The van der Waals surface area contributed by atoms with Crippen LogP contribution in [0.4, 0.5) is 0 Å². The molecule has 0 radical (unpaired) electrons. The Morgan fingerprint density at radius 3 is 2.41 bits per heavy atom. The number of sulfone groups is 1. The molecule has 0 saturated carbocycles. The number of hydrogen-bond donors (Lipinski definition) is 1. The molecule has 0 aromatic heterocycles. The van der Waals surface area contributed by atoms with Crippen LogP contribution in [0.1, 0.15) is 30.6 Å². The Bertz CT molecular complexity index is 603. The first kappa shape index (κ1) is 20.9. The lowest BCUT2D eigenvalue weighted by Gasteiger charge is -2.21. The van der Waals surface area contributed by atoms with E-state index in [2.05, 4.69) is 0 Å². The fraction of sp³-hybridized carbons (Fsp3) is 0.533. The standard InChI is InChI=1S/C15H24N2O3S.ClH/c1-11(2)14(16)8-9-17(3)15(18)12-6-5-7-13(10-12)21(4,19)20;/h5-7,10-11,14H,8-9,16H2,1-4H3;1H. The van der Waals surface area contributed by atoms with Gasteiger partial charge >= 0.3 is 0 Å². The molecule has 7 heteroatoms. The highest BCUT2D eigenvalue weighted by Crippen LogP contribution is 2.13. The molecule has 0 fully saturated rings. The second kappa shape index (κ2) is 8.50. The van der Waals surface area contributed by atoms with Crippen LogP contribution in [0.2, 0.25) is 0 Å². The molecule has 1 amide bonds. The van der Waals surface area contributed by atoms with Crippen molar-refractivity contribution in [2.75, 3.05) is 19.8 Å². The van der Waals surface area contributed by atoms with Crippen LogP contribution in [0.5, 0.6) is 0 Å². The Kier molecular flexibility index (Phi) is 8.07. The zero-order valence-corrected chi connectivity index (χ0v) is 15.1. The maximum atomic E-state index is 12.3. The third-order valence-electron chi connectivity index (χ3n) is 3.51. The second-order valence-corrected chi connectivity index (χ2v) is 7.74. The Morgan fingerprint density at radius 1 is 1.32 bits per heavy atom. The minimum absolute atomic E-state index is 0. The predicted molar refractivity (Wildman–Crippen MR) is 91.2 cm³/mol. The van der Waals surface area contributed by atoms with Gasteiger partial charge in [0.05, 0.1) is 4.90 Å². The smallest absolute Gasteiger partial charge is 0.253 e. The van der Waals surface area contributed by atoms with Gasteiger partial charge in [-0.15, -0.1) is 12.4 Å². The molecular weight excluding hydrogens is 324 g/mol. The summed E-state index contributed by atoms with van der Waals surface area (Å²) in [6.07, 6.45) is 1.84. The minimum atomic E-state index is -3.31. The maximum Gasteiger partial charge on any atom is 0.253 e. The molecular formula is C15H25ClN2O3S. The second-order valence-electron chi connectivity index (χ2n) is 5.72. The summed E-state index contributed by atoms with van der Waals surface area (Å²) in [4.78, 5) is 14.0. The molecule has 22 heavy (non-hydrogen) atoms. The van der Waals surface area contributed by atoms with Gasteiger partial charge < -0.3 is 10.6 Å². The van der Waals surface area contributed by atoms with Gasteiger partial charge in [-0.3, -0.25) is 4.79 Å². The van der Waals surface area contributed by atoms with Gasteiger partial charge in [-0.2, -0.15) is 0 Å². The molecule has 1 rings (SSSR count). The van der Waals surface area contributed by atoms with Crippen LogP contribution in [0.25, 0.3) is 0 Å². The Morgan fingerprint density at radius 2 is 1.91 bits per heavy atom. The van der Waals surface area contributed by atoms with Crippen LogP contribution in [0.3, 0.4) is 0 Å². The van der Waals surface area contributed by atoms with Gasteiger partial charge in [0.25, 0.3) is 5.91 Å². The van der Waals surface area contributed by atoms with E-state index in [0.29, 0.717) is 24.4 Å². The molecule has 2 N–H and O–H groups in total. The van der Waals surface area contributed by atoms with E-state index in [0.717, 1.165) is 6.26 Å². The summed E-state index contributed by atoms with van der Waals surface area (Å²) in [5, 5.41) is 0. The first-order valence-electron chi connectivity index (χ1n) is 6.94. The van der Waals surface area contributed by atoms with Gasteiger partial charge in [-0.05, 0) is 30.5 Å². The molecule has 1 aromatic carbocycles. The Hall–Kier alpha value is -1.11. The SMILES string of the molecule is CC(C)C(N)CCN(C)C(=O)c1cccc(S(C)(=O)=O)c1.Cl. The summed E-state index contributed by atoms with van der Waals surface area (Å²) < 4.78 is 23.1. The number of hydrogen-bond acceptors (Lipinski definition) is 4. The molecule has 0 saturated heterocycles. The topological polar surface area (TPSA) is 80.5 Å². The Balaban J connectivity index is 0.00000441. The van der Waals surface area contributed by atoms with Crippen LogP contribution in [-0.4, -0.2) is 45.1 Å². The number of nitrogens with zero attached hydrogens (tertiary/aromatic N) is 1. The highest BCUT2D eigenvalue weighted by atomic mass is 35.5. The fourth-order valence-electron chi connectivity index (χ4n) is 1.86. The molecule has 0 aliphatic rings. The van der Waals surface area contributed by atoms with Crippen molar-refractivity contribution < 1.29 is 13.2 Å². The normalized spacial score (nSPS) is 12.6. The van der Waals surface area contributed by atoms with E-state index in [1.54, 1.807) is 24.1 Å². The maximum absolute atomic E-state index is 12.3. The molecule has 126 valence electrons. The average Bonchev–Trinajstić information content (AvgIpc) is 2.42. The molecule has 0 heterocycles. The highest BCUT2D eigenvalue weighted by Gasteiger charge is 2.16. The van der Waals surface area contributed by atoms with E-state index in [4.69, 9.17) is 5.73 Å². The molecule has 0 bridgehead atoms. The summed E-state index contributed by atoms with van der Waals surface area (Å²) in [6, 6.07) is 6.15.